The molecule has 3 rings (SSSR count). The Morgan fingerprint density at radius 3 is 2.58 bits per heavy atom. The Morgan fingerprint density at radius 1 is 1.12 bits per heavy atom. The number of ether oxygens (including phenoxy) is 2. The van der Waals surface area contributed by atoms with Crippen LogP contribution >= 0.6 is 0 Å². The van der Waals surface area contributed by atoms with Crippen molar-refractivity contribution in [3.05, 3.63) is 65.1 Å². The van der Waals surface area contributed by atoms with Gasteiger partial charge in [0.2, 0.25) is 0 Å². The summed E-state index contributed by atoms with van der Waals surface area (Å²) in [6, 6.07) is 14.4. The molecule has 1 heterocycles. The Labute approximate surface area is 138 Å². The number of rotatable bonds is 6. The molecule has 1 N–H and O–H groups in total. The zero-order valence-electron chi connectivity index (χ0n) is 13.3. The number of para-hydroxylation sites is 2. The van der Waals surface area contributed by atoms with Crippen LogP contribution in [0.3, 0.4) is 0 Å². The topological polar surface area (TPSA) is 73.6 Å². The molecule has 0 amide bonds. The molecule has 1 aromatic heterocycles. The van der Waals surface area contributed by atoms with Crippen LogP contribution in [0.4, 0.5) is 0 Å². The summed E-state index contributed by atoms with van der Waals surface area (Å²) >= 11 is 0. The summed E-state index contributed by atoms with van der Waals surface area (Å²) in [5, 5.41) is 10.2. The minimum absolute atomic E-state index is 0.0788. The summed E-state index contributed by atoms with van der Waals surface area (Å²) in [5.41, 5.74) is 1.14. The van der Waals surface area contributed by atoms with E-state index in [0.717, 1.165) is 5.75 Å². The standard InChI is InChI=1S/C18H18N2O4/c1-23-14-6-8-15(9-7-14)24-12-13(21)11-20-17-5-3-2-4-16(17)19-10-18(20)22/h2-10,13,21H,11-12H2,1H3. The molecule has 124 valence electrons. The van der Waals surface area contributed by atoms with E-state index in [0.29, 0.717) is 16.8 Å². The molecule has 1 unspecified atom stereocenters. The average Bonchev–Trinajstić information content (AvgIpc) is 2.63. The molecule has 2 aromatic carbocycles. The summed E-state index contributed by atoms with van der Waals surface area (Å²) in [6.45, 7) is 0.216. The molecule has 0 aliphatic carbocycles. The maximum atomic E-state index is 12.0. The lowest BCUT2D eigenvalue weighted by atomic mass is 10.2. The predicted octanol–water partition coefficient (Wildman–Crippen LogP) is 1.84. The van der Waals surface area contributed by atoms with E-state index in [1.807, 2.05) is 18.2 Å². The summed E-state index contributed by atoms with van der Waals surface area (Å²) in [5.74, 6) is 1.36. The monoisotopic (exact) mass is 326 g/mol. The number of fused-ring (bicyclic) bond motifs is 1. The van der Waals surface area contributed by atoms with Crippen molar-refractivity contribution in [1.82, 2.24) is 9.55 Å². The minimum Gasteiger partial charge on any atom is -0.497 e. The fourth-order valence-corrected chi connectivity index (χ4v) is 2.43. The van der Waals surface area contributed by atoms with Crippen LogP contribution in [0.5, 0.6) is 11.5 Å². The number of aliphatic hydroxyl groups is 1. The highest BCUT2D eigenvalue weighted by atomic mass is 16.5. The normalized spacial score (nSPS) is 12.1. The van der Waals surface area contributed by atoms with Gasteiger partial charge < -0.3 is 19.1 Å². The first-order chi connectivity index (χ1) is 11.7. The molecule has 3 aromatic rings. The van der Waals surface area contributed by atoms with Crippen molar-refractivity contribution in [3.63, 3.8) is 0 Å². The highest BCUT2D eigenvalue weighted by Crippen LogP contribution is 2.17. The van der Waals surface area contributed by atoms with Crippen LogP contribution in [0.1, 0.15) is 0 Å². The molecular formula is C18H18N2O4. The predicted molar refractivity (Wildman–Crippen MR) is 90.5 cm³/mol. The first-order valence-electron chi connectivity index (χ1n) is 7.57. The number of aliphatic hydroxyl groups excluding tert-OH is 1. The van der Waals surface area contributed by atoms with Gasteiger partial charge in [-0.2, -0.15) is 0 Å². The van der Waals surface area contributed by atoms with Gasteiger partial charge in [0.1, 0.15) is 24.2 Å². The largest absolute Gasteiger partial charge is 0.497 e. The summed E-state index contributed by atoms with van der Waals surface area (Å²) in [4.78, 5) is 16.1. The van der Waals surface area contributed by atoms with Crippen molar-refractivity contribution in [1.29, 1.82) is 0 Å². The molecular weight excluding hydrogens is 308 g/mol. The van der Waals surface area contributed by atoms with E-state index < -0.39 is 6.10 Å². The molecule has 24 heavy (non-hydrogen) atoms. The number of benzene rings is 2. The SMILES string of the molecule is COc1ccc(OCC(O)Cn2c(=O)cnc3ccccc32)cc1. The fourth-order valence-electron chi connectivity index (χ4n) is 2.43. The second-order valence-corrected chi connectivity index (χ2v) is 5.34. The zero-order valence-corrected chi connectivity index (χ0v) is 13.3. The number of hydrogen-bond donors (Lipinski definition) is 1. The molecule has 0 saturated heterocycles. The smallest absolute Gasteiger partial charge is 0.269 e. The van der Waals surface area contributed by atoms with E-state index in [4.69, 9.17) is 9.47 Å². The summed E-state index contributed by atoms with van der Waals surface area (Å²) in [6.07, 6.45) is 0.440. The summed E-state index contributed by atoms with van der Waals surface area (Å²) in [7, 11) is 1.59. The Morgan fingerprint density at radius 2 is 1.83 bits per heavy atom. The van der Waals surface area contributed by atoms with Crippen molar-refractivity contribution >= 4 is 11.0 Å². The lowest BCUT2D eigenvalue weighted by molar-refractivity contribution is 0.0926. The van der Waals surface area contributed by atoms with Crippen LogP contribution in [-0.4, -0.2) is 34.5 Å². The minimum atomic E-state index is -0.824. The summed E-state index contributed by atoms with van der Waals surface area (Å²) < 4.78 is 12.1. The van der Waals surface area contributed by atoms with E-state index in [1.165, 1.54) is 10.8 Å². The van der Waals surface area contributed by atoms with Gasteiger partial charge in [-0.3, -0.25) is 4.79 Å². The highest BCUT2D eigenvalue weighted by Gasteiger charge is 2.11. The number of nitrogens with zero attached hydrogens (tertiary/aromatic N) is 2. The van der Waals surface area contributed by atoms with Crippen molar-refractivity contribution in [2.24, 2.45) is 0 Å². The lowest BCUT2D eigenvalue weighted by Crippen LogP contribution is -2.30. The van der Waals surface area contributed by atoms with Gasteiger partial charge in [0, 0.05) is 0 Å². The van der Waals surface area contributed by atoms with Crippen molar-refractivity contribution in [3.8, 4) is 11.5 Å². The van der Waals surface area contributed by atoms with E-state index in [9.17, 15) is 9.90 Å². The third-order valence-electron chi connectivity index (χ3n) is 3.65. The van der Waals surface area contributed by atoms with Crippen molar-refractivity contribution in [2.75, 3.05) is 13.7 Å². The van der Waals surface area contributed by atoms with Crippen molar-refractivity contribution in [2.45, 2.75) is 12.6 Å². The van der Waals surface area contributed by atoms with Gasteiger partial charge in [0.25, 0.3) is 5.56 Å². The van der Waals surface area contributed by atoms with Gasteiger partial charge in [-0.05, 0) is 36.4 Å². The molecule has 0 spiro atoms. The Bertz CT molecular complexity index is 874. The van der Waals surface area contributed by atoms with Gasteiger partial charge in [-0.1, -0.05) is 12.1 Å². The molecule has 0 bridgehead atoms. The van der Waals surface area contributed by atoms with Gasteiger partial charge in [0.15, 0.2) is 0 Å². The molecule has 1 atom stereocenters. The highest BCUT2D eigenvalue weighted by molar-refractivity contribution is 5.74. The molecule has 0 aliphatic rings. The quantitative estimate of drug-likeness (QED) is 0.748. The van der Waals surface area contributed by atoms with E-state index in [1.54, 1.807) is 37.4 Å². The molecule has 0 saturated carbocycles. The van der Waals surface area contributed by atoms with Gasteiger partial charge in [-0.15, -0.1) is 0 Å². The third kappa shape index (κ3) is 3.55. The van der Waals surface area contributed by atoms with E-state index >= 15 is 0 Å². The Hall–Kier alpha value is -2.86. The zero-order chi connectivity index (χ0) is 16.9. The molecule has 6 heteroatoms. The van der Waals surface area contributed by atoms with Gasteiger partial charge in [0.05, 0.1) is 30.9 Å². The molecule has 0 aliphatic heterocycles. The van der Waals surface area contributed by atoms with E-state index in [2.05, 4.69) is 4.98 Å². The Balaban J connectivity index is 1.69. The number of methoxy groups -OCH3 is 1. The van der Waals surface area contributed by atoms with Crippen LogP contribution in [0.15, 0.2) is 59.5 Å². The van der Waals surface area contributed by atoms with Gasteiger partial charge in [-0.25, -0.2) is 4.98 Å². The number of hydrogen-bond acceptors (Lipinski definition) is 5. The Kier molecular flexibility index (Phi) is 4.77. The first-order valence-corrected chi connectivity index (χ1v) is 7.57. The van der Waals surface area contributed by atoms with Crippen molar-refractivity contribution < 1.29 is 14.6 Å². The van der Waals surface area contributed by atoms with Crippen LogP contribution in [0.25, 0.3) is 11.0 Å². The third-order valence-corrected chi connectivity index (χ3v) is 3.65. The molecule has 0 fully saturated rings. The van der Waals surface area contributed by atoms with Crippen LogP contribution in [-0.2, 0) is 6.54 Å². The molecule has 0 radical (unpaired) electrons. The average molecular weight is 326 g/mol. The molecule has 6 nitrogen and oxygen atoms in total. The van der Waals surface area contributed by atoms with Gasteiger partial charge >= 0.3 is 0 Å². The first kappa shape index (κ1) is 16.0. The second kappa shape index (κ2) is 7.14. The second-order valence-electron chi connectivity index (χ2n) is 5.34. The van der Waals surface area contributed by atoms with Crippen LogP contribution in [0, 0.1) is 0 Å². The van der Waals surface area contributed by atoms with Crippen LogP contribution in [0.2, 0.25) is 0 Å². The lowest BCUT2D eigenvalue weighted by Gasteiger charge is -2.15. The number of aromatic nitrogens is 2. The maximum Gasteiger partial charge on any atom is 0.269 e. The van der Waals surface area contributed by atoms with E-state index in [-0.39, 0.29) is 18.7 Å². The van der Waals surface area contributed by atoms with Crippen LogP contribution < -0.4 is 15.0 Å². The fraction of sp³-hybridized carbons (Fsp3) is 0.222. The maximum absolute atomic E-state index is 12.0.